The van der Waals surface area contributed by atoms with Gasteiger partial charge in [-0.3, -0.25) is 4.79 Å². The Kier molecular flexibility index (Phi) is 4.13. The Morgan fingerprint density at radius 3 is 2.83 bits per heavy atom. The monoisotopic (exact) mass is 286 g/mol. The van der Waals surface area contributed by atoms with E-state index >= 15 is 0 Å². The van der Waals surface area contributed by atoms with Crippen molar-refractivity contribution in [3.8, 4) is 0 Å². The molecule has 18 heavy (non-hydrogen) atoms. The number of carbonyl (C=O) groups is 1. The zero-order valence-corrected chi connectivity index (χ0v) is 12.0. The van der Waals surface area contributed by atoms with Gasteiger partial charge >= 0.3 is 0 Å². The second-order valence-electron chi connectivity index (χ2n) is 4.96. The Balaban J connectivity index is 2.23. The van der Waals surface area contributed by atoms with Crippen LogP contribution >= 0.6 is 23.2 Å². The van der Waals surface area contributed by atoms with E-state index in [4.69, 9.17) is 23.2 Å². The topological polar surface area (TPSA) is 33.2 Å². The lowest BCUT2D eigenvalue weighted by atomic mass is 9.93. The smallest absolute Gasteiger partial charge is 0.255 e. The maximum atomic E-state index is 12.4. The summed E-state index contributed by atoms with van der Waals surface area (Å²) in [4.78, 5) is 18.2. The van der Waals surface area contributed by atoms with E-state index in [1.54, 1.807) is 0 Å². The van der Waals surface area contributed by atoms with Crippen LogP contribution in [0.1, 0.15) is 37.0 Å². The largest absolute Gasteiger partial charge is 0.336 e. The van der Waals surface area contributed by atoms with E-state index in [1.165, 1.54) is 12.3 Å². The third-order valence-electron chi connectivity index (χ3n) is 3.45. The Bertz CT molecular complexity index is 464. The molecule has 1 aromatic rings. The fourth-order valence-corrected chi connectivity index (χ4v) is 2.78. The van der Waals surface area contributed by atoms with E-state index in [0.29, 0.717) is 21.7 Å². The molecular weight excluding hydrogens is 271 g/mol. The van der Waals surface area contributed by atoms with Crippen molar-refractivity contribution in [1.82, 2.24) is 9.88 Å². The maximum Gasteiger partial charge on any atom is 0.255 e. The molecule has 0 spiro atoms. The summed E-state index contributed by atoms with van der Waals surface area (Å²) in [7, 11) is 0. The van der Waals surface area contributed by atoms with Gasteiger partial charge in [-0.05, 0) is 31.7 Å². The molecule has 2 rings (SSSR count). The Morgan fingerprint density at radius 1 is 1.44 bits per heavy atom. The first kappa shape index (κ1) is 13.6. The van der Waals surface area contributed by atoms with Crippen LogP contribution < -0.4 is 0 Å². The van der Waals surface area contributed by atoms with Gasteiger partial charge in [0.2, 0.25) is 0 Å². The number of carbonyl (C=O) groups excluding carboxylic acids is 1. The van der Waals surface area contributed by atoms with Crippen LogP contribution in [-0.2, 0) is 0 Å². The second-order valence-corrected chi connectivity index (χ2v) is 5.76. The summed E-state index contributed by atoms with van der Waals surface area (Å²) in [6.45, 7) is 5.07. The minimum absolute atomic E-state index is 0.0521. The maximum absolute atomic E-state index is 12.4. The van der Waals surface area contributed by atoms with Gasteiger partial charge in [0.15, 0.2) is 0 Å². The van der Waals surface area contributed by atoms with E-state index in [2.05, 4.69) is 18.8 Å². The number of hydrogen-bond acceptors (Lipinski definition) is 2. The number of pyridine rings is 1. The molecule has 1 amide bonds. The van der Waals surface area contributed by atoms with Gasteiger partial charge in [0.1, 0.15) is 5.15 Å². The van der Waals surface area contributed by atoms with E-state index in [-0.39, 0.29) is 11.9 Å². The van der Waals surface area contributed by atoms with E-state index < -0.39 is 0 Å². The van der Waals surface area contributed by atoms with Gasteiger partial charge in [0.25, 0.3) is 5.91 Å². The molecule has 2 unspecified atom stereocenters. The third-order valence-corrected chi connectivity index (χ3v) is 3.96. The lowest BCUT2D eigenvalue weighted by molar-refractivity contribution is 0.0588. The molecule has 2 atom stereocenters. The number of aromatic nitrogens is 1. The minimum Gasteiger partial charge on any atom is -0.336 e. The van der Waals surface area contributed by atoms with Crippen molar-refractivity contribution in [3.05, 3.63) is 28.0 Å². The highest BCUT2D eigenvalue weighted by atomic mass is 35.5. The second kappa shape index (κ2) is 5.45. The van der Waals surface area contributed by atoms with Gasteiger partial charge < -0.3 is 4.90 Å². The molecule has 5 heteroatoms. The van der Waals surface area contributed by atoms with Gasteiger partial charge in [0.05, 0.1) is 10.6 Å². The summed E-state index contributed by atoms with van der Waals surface area (Å²) < 4.78 is 0. The summed E-state index contributed by atoms with van der Waals surface area (Å²) in [5.41, 5.74) is 0.443. The first-order valence-electron chi connectivity index (χ1n) is 6.11. The van der Waals surface area contributed by atoms with Crippen molar-refractivity contribution in [1.29, 1.82) is 0 Å². The van der Waals surface area contributed by atoms with Crippen LogP contribution in [0.25, 0.3) is 0 Å². The van der Waals surface area contributed by atoms with Gasteiger partial charge in [-0.1, -0.05) is 30.1 Å². The Hall–Kier alpha value is -0.800. The van der Waals surface area contributed by atoms with Crippen LogP contribution in [0.2, 0.25) is 10.2 Å². The van der Waals surface area contributed by atoms with Gasteiger partial charge in [0, 0.05) is 18.8 Å². The molecule has 0 bridgehead atoms. The summed E-state index contributed by atoms with van der Waals surface area (Å²) >= 11 is 11.8. The van der Waals surface area contributed by atoms with E-state index in [1.807, 2.05) is 4.90 Å². The summed E-state index contributed by atoms with van der Waals surface area (Å²) in [6.07, 6.45) is 3.49. The molecule has 1 saturated heterocycles. The Morgan fingerprint density at radius 2 is 2.17 bits per heavy atom. The highest BCUT2D eigenvalue weighted by Gasteiger charge is 2.28. The fraction of sp³-hybridized carbons (Fsp3) is 0.538. The van der Waals surface area contributed by atoms with Crippen molar-refractivity contribution in [3.63, 3.8) is 0 Å². The number of amides is 1. The van der Waals surface area contributed by atoms with Crippen LogP contribution in [0.5, 0.6) is 0 Å². The van der Waals surface area contributed by atoms with E-state index in [9.17, 15) is 4.79 Å². The number of hydrogen-bond donors (Lipinski definition) is 0. The zero-order chi connectivity index (χ0) is 13.3. The molecule has 3 nitrogen and oxygen atoms in total. The predicted octanol–water partition coefficient (Wildman–Crippen LogP) is 3.65. The molecule has 1 aliphatic heterocycles. The first-order valence-corrected chi connectivity index (χ1v) is 6.86. The number of nitrogens with zero attached hydrogens (tertiary/aromatic N) is 2. The van der Waals surface area contributed by atoms with Crippen molar-refractivity contribution in [2.24, 2.45) is 5.92 Å². The molecule has 98 valence electrons. The lowest BCUT2D eigenvalue weighted by Gasteiger charge is -2.36. The van der Waals surface area contributed by atoms with Gasteiger partial charge in [-0.2, -0.15) is 0 Å². The van der Waals surface area contributed by atoms with Crippen LogP contribution in [0.4, 0.5) is 0 Å². The predicted molar refractivity (Wildman–Crippen MR) is 73.2 cm³/mol. The molecule has 0 N–H and O–H groups in total. The summed E-state index contributed by atoms with van der Waals surface area (Å²) in [5, 5.41) is 0.649. The normalized spacial score (nSPS) is 24.1. The van der Waals surface area contributed by atoms with Gasteiger partial charge in [-0.15, -0.1) is 0 Å². The van der Waals surface area contributed by atoms with Crippen molar-refractivity contribution < 1.29 is 4.79 Å². The van der Waals surface area contributed by atoms with E-state index in [0.717, 1.165) is 19.4 Å². The van der Waals surface area contributed by atoms with Gasteiger partial charge in [-0.25, -0.2) is 4.98 Å². The summed E-state index contributed by atoms with van der Waals surface area (Å²) in [5.74, 6) is 0.615. The van der Waals surface area contributed by atoms with Crippen LogP contribution in [0.3, 0.4) is 0 Å². The number of piperidine rings is 1. The van der Waals surface area contributed by atoms with Crippen LogP contribution in [0.15, 0.2) is 12.3 Å². The molecule has 2 heterocycles. The first-order chi connectivity index (χ1) is 8.49. The molecule has 1 aliphatic rings. The van der Waals surface area contributed by atoms with Crippen molar-refractivity contribution in [2.45, 2.75) is 32.7 Å². The quantitative estimate of drug-likeness (QED) is 0.739. The molecule has 0 radical (unpaired) electrons. The molecule has 0 aliphatic carbocycles. The van der Waals surface area contributed by atoms with Crippen LogP contribution in [-0.4, -0.2) is 28.4 Å². The average Bonchev–Trinajstić information content (AvgIpc) is 2.31. The number of rotatable bonds is 1. The highest BCUT2D eigenvalue weighted by molar-refractivity contribution is 6.35. The number of likely N-dealkylation sites (tertiary alicyclic amines) is 1. The fourth-order valence-electron chi connectivity index (χ4n) is 2.44. The third kappa shape index (κ3) is 2.78. The molecular formula is C13H16Cl2N2O. The standard InChI is InChI=1S/C13H16Cl2N2O/c1-8-3-4-17(9(2)5-8)13(18)10-6-12(15)16-7-11(10)14/h6-9H,3-5H2,1-2H3. The average molecular weight is 287 g/mol. The van der Waals surface area contributed by atoms with Crippen molar-refractivity contribution in [2.75, 3.05) is 6.54 Å². The number of halogens is 2. The molecule has 0 aromatic carbocycles. The minimum atomic E-state index is -0.0521. The van der Waals surface area contributed by atoms with Crippen molar-refractivity contribution >= 4 is 29.1 Å². The highest BCUT2D eigenvalue weighted by Crippen LogP contribution is 2.26. The molecule has 0 saturated carbocycles. The molecule has 1 fully saturated rings. The molecule has 1 aromatic heterocycles. The van der Waals surface area contributed by atoms with Crippen LogP contribution in [0, 0.1) is 5.92 Å². The Labute approximate surface area is 117 Å². The summed E-state index contributed by atoms with van der Waals surface area (Å²) in [6, 6.07) is 1.78. The zero-order valence-electron chi connectivity index (χ0n) is 10.5. The lowest BCUT2D eigenvalue weighted by Crippen LogP contribution is -2.44. The SMILES string of the molecule is CC1CCN(C(=O)c2cc(Cl)ncc2Cl)C(C)C1.